The fraction of sp³-hybridized carbons (Fsp3) is 0.0435. The molecule has 0 saturated carbocycles. The summed E-state index contributed by atoms with van der Waals surface area (Å²) in [5.41, 5.74) is 1.62. The molecule has 4 rings (SSSR count). The van der Waals surface area contributed by atoms with Crippen molar-refractivity contribution in [1.82, 2.24) is 15.2 Å². The Balaban J connectivity index is 1.63. The lowest BCUT2D eigenvalue weighted by atomic mass is 10.1. The van der Waals surface area contributed by atoms with Crippen LogP contribution in [0.2, 0.25) is 0 Å². The van der Waals surface area contributed by atoms with Crippen LogP contribution in [0.3, 0.4) is 0 Å². The zero-order chi connectivity index (χ0) is 22.7. The van der Waals surface area contributed by atoms with Crippen molar-refractivity contribution in [3.05, 3.63) is 78.6 Å². The van der Waals surface area contributed by atoms with Gasteiger partial charge in [-0.2, -0.15) is 5.10 Å². The van der Waals surface area contributed by atoms with Gasteiger partial charge in [0.2, 0.25) is 5.91 Å². The van der Waals surface area contributed by atoms with E-state index in [0.29, 0.717) is 28.2 Å². The van der Waals surface area contributed by atoms with Gasteiger partial charge in [0.25, 0.3) is 5.91 Å². The Morgan fingerprint density at radius 3 is 2.72 bits per heavy atom. The summed E-state index contributed by atoms with van der Waals surface area (Å²) in [4.78, 5) is 28.9. The number of hydrogen-bond donors (Lipinski definition) is 3. The summed E-state index contributed by atoms with van der Waals surface area (Å²) in [6.07, 6.45) is 1.12. The topological polar surface area (TPSA) is 109 Å². The second-order valence-electron chi connectivity index (χ2n) is 6.70. The number of anilines is 2. The number of fused-ring (bicyclic) bond motifs is 1. The van der Waals surface area contributed by atoms with Gasteiger partial charge in [-0.1, -0.05) is 18.7 Å². The number of aromatic nitrogens is 3. The van der Waals surface area contributed by atoms with Gasteiger partial charge >= 0.3 is 0 Å². The lowest BCUT2D eigenvalue weighted by molar-refractivity contribution is -0.111. The smallest absolute Gasteiger partial charge is 0.258 e. The first-order chi connectivity index (χ1) is 15.5. The molecule has 0 radical (unpaired) electrons. The van der Waals surface area contributed by atoms with E-state index in [1.165, 1.54) is 19.2 Å². The molecule has 0 spiro atoms. The van der Waals surface area contributed by atoms with Crippen molar-refractivity contribution in [2.45, 2.75) is 0 Å². The van der Waals surface area contributed by atoms with E-state index in [0.717, 1.165) is 6.08 Å². The van der Waals surface area contributed by atoms with Gasteiger partial charge in [0.15, 0.2) is 11.5 Å². The maximum absolute atomic E-state index is 14.3. The third kappa shape index (κ3) is 4.04. The molecule has 0 aliphatic carbocycles. The molecule has 2 aromatic heterocycles. The first kappa shape index (κ1) is 20.7. The van der Waals surface area contributed by atoms with Crippen LogP contribution in [0.25, 0.3) is 22.3 Å². The molecule has 160 valence electrons. The predicted octanol–water partition coefficient (Wildman–Crippen LogP) is 4.15. The van der Waals surface area contributed by atoms with Crippen LogP contribution in [0.5, 0.6) is 5.75 Å². The van der Waals surface area contributed by atoms with Crippen LogP contribution in [0.15, 0.2) is 67.3 Å². The maximum Gasteiger partial charge on any atom is 0.258 e. The highest BCUT2D eigenvalue weighted by Crippen LogP contribution is 2.29. The normalized spacial score (nSPS) is 10.6. The molecule has 0 bridgehead atoms. The van der Waals surface area contributed by atoms with E-state index in [4.69, 9.17) is 4.74 Å². The number of carbonyl (C=O) groups is 2. The summed E-state index contributed by atoms with van der Waals surface area (Å²) in [5, 5.41) is 12.7. The molecule has 3 N–H and O–H groups in total. The minimum Gasteiger partial charge on any atom is -0.497 e. The number of nitrogens with one attached hydrogen (secondary N) is 3. The van der Waals surface area contributed by atoms with E-state index in [2.05, 4.69) is 32.4 Å². The highest BCUT2D eigenvalue weighted by molar-refractivity contribution is 6.12. The van der Waals surface area contributed by atoms with Crippen molar-refractivity contribution in [3.63, 3.8) is 0 Å². The number of aromatic amines is 1. The van der Waals surface area contributed by atoms with Crippen molar-refractivity contribution in [2.24, 2.45) is 0 Å². The van der Waals surface area contributed by atoms with Crippen LogP contribution in [-0.2, 0) is 4.79 Å². The van der Waals surface area contributed by atoms with Gasteiger partial charge in [0, 0.05) is 5.56 Å². The van der Waals surface area contributed by atoms with Gasteiger partial charge in [-0.25, -0.2) is 9.37 Å². The highest BCUT2D eigenvalue weighted by Gasteiger charge is 2.17. The summed E-state index contributed by atoms with van der Waals surface area (Å²) in [6, 6.07) is 14.2. The second kappa shape index (κ2) is 8.68. The van der Waals surface area contributed by atoms with Crippen LogP contribution in [0.4, 0.5) is 15.9 Å². The lowest BCUT2D eigenvalue weighted by Crippen LogP contribution is -2.17. The molecule has 9 heteroatoms. The van der Waals surface area contributed by atoms with Gasteiger partial charge in [-0.3, -0.25) is 14.7 Å². The summed E-state index contributed by atoms with van der Waals surface area (Å²) in [7, 11) is 1.50. The number of halogens is 1. The molecule has 2 amide bonds. The Kier molecular flexibility index (Phi) is 5.63. The SMILES string of the molecule is C=CC(=O)Nc1ccccc1C(=O)Nc1n[nH]c2nc(-c3cc(OC)ccc3F)ccc12. The number of ether oxygens (including phenoxy) is 1. The van der Waals surface area contributed by atoms with Crippen molar-refractivity contribution < 1.29 is 18.7 Å². The van der Waals surface area contributed by atoms with Crippen LogP contribution < -0.4 is 15.4 Å². The summed E-state index contributed by atoms with van der Waals surface area (Å²) in [5.74, 6) is -0.592. The number of nitrogens with zero attached hydrogens (tertiary/aromatic N) is 2. The molecule has 32 heavy (non-hydrogen) atoms. The van der Waals surface area contributed by atoms with E-state index in [9.17, 15) is 14.0 Å². The van der Waals surface area contributed by atoms with Crippen molar-refractivity contribution >= 4 is 34.4 Å². The predicted molar refractivity (Wildman–Crippen MR) is 119 cm³/mol. The van der Waals surface area contributed by atoms with E-state index in [-0.39, 0.29) is 16.9 Å². The summed E-state index contributed by atoms with van der Waals surface area (Å²) >= 11 is 0. The van der Waals surface area contributed by atoms with Gasteiger partial charge in [-0.05, 0) is 48.5 Å². The summed E-state index contributed by atoms with van der Waals surface area (Å²) in [6.45, 7) is 3.41. The molecule has 8 nitrogen and oxygen atoms in total. The van der Waals surface area contributed by atoms with Crippen molar-refractivity contribution in [3.8, 4) is 17.0 Å². The number of benzene rings is 2. The Morgan fingerprint density at radius 1 is 1.12 bits per heavy atom. The van der Waals surface area contributed by atoms with E-state index < -0.39 is 17.6 Å². The molecule has 0 aliphatic rings. The van der Waals surface area contributed by atoms with Crippen LogP contribution >= 0.6 is 0 Å². The van der Waals surface area contributed by atoms with Crippen molar-refractivity contribution in [1.29, 1.82) is 0 Å². The number of carbonyl (C=O) groups excluding carboxylic acids is 2. The Hall–Kier alpha value is -4.53. The monoisotopic (exact) mass is 431 g/mol. The van der Waals surface area contributed by atoms with E-state index in [1.54, 1.807) is 42.5 Å². The summed E-state index contributed by atoms with van der Waals surface area (Å²) < 4.78 is 19.5. The fourth-order valence-corrected chi connectivity index (χ4v) is 3.13. The Labute approximate surface area is 182 Å². The standard InChI is InChI=1S/C23H18FN5O3/c1-3-20(30)25-18-7-5-4-6-14(18)23(31)27-22-15-9-11-19(26-21(15)28-29-22)16-12-13(32-2)8-10-17(16)24/h3-12H,1H2,2H3,(H,25,30)(H2,26,27,28,29,31). The molecule has 2 heterocycles. The fourth-order valence-electron chi connectivity index (χ4n) is 3.13. The van der Waals surface area contributed by atoms with Crippen LogP contribution in [0, 0.1) is 5.82 Å². The molecule has 0 fully saturated rings. The van der Waals surface area contributed by atoms with Gasteiger partial charge in [-0.15, -0.1) is 0 Å². The molecule has 0 atom stereocenters. The molecule has 4 aromatic rings. The molecule has 0 unspecified atom stereocenters. The Morgan fingerprint density at radius 2 is 1.94 bits per heavy atom. The number of amides is 2. The van der Waals surface area contributed by atoms with E-state index in [1.807, 2.05) is 0 Å². The number of rotatable bonds is 6. The first-order valence-electron chi connectivity index (χ1n) is 9.53. The number of hydrogen-bond acceptors (Lipinski definition) is 5. The van der Waals surface area contributed by atoms with E-state index >= 15 is 0 Å². The maximum atomic E-state index is 14.3. The third-order valence-electron chi connectivity index (χ3n) is 4.72. The highest BCUT2D eigenvalue weighted by atomic mass is 19.1. The molecular weight excluding hydrogens is 413 g/mol. The molecular formula is C23H18FN5O3. The Bertz CT molecular complexity index is 1350. The average molecular weight is 431 g/mol. The second-order valence-corrected chi connectivity index (χ2v) is 6.70. The zero-order valence-electron chi connectivity index (χ0n) is 17.0. The third-order valence-corrected chi connectivity index (χ3v) is 4.72. The number of pyridine rings is 1. The van der Waals surface area contributed by atoms with Gasteiger partial charge < -0.3 is 15.4 Å². The molecule has 0 saturated heterocycles. The van der Waals surface area contributed by atoms with Crippen LogP contribution in [-0.4, -0.2) is 34.1 Å². The largest absolute Gasteiger partial charge is 0.497 e. The van der Waals surface area contributed by atoms with Crippen molar-refractivity contribution in [2.75, 3.05) is 17.7 Å². The average Bonchev–Trinajstić information content (AvgIpc) is 3.21. The van der Waals surface area contributed by atoms with Gasteiger partial charge in [0.1, 0.15) is 11.6 Å². The minimum absolute atomic E-state index is 0.250. The number of methoxy groups -OCH3 is 1. The quantitative estimate of drug-likeness (QED) is 0.398. The molecule has 2 aromatic carbocycles. The zero-order valence-corrected chi connectivity index (χ0v) is 17.0. The number of para-hydroxylation sites is 1. The van der Waals surface area contributed by atoms with Crippen LogP contribution in [0.1, 0.15) is 10.4 Å². The minimum atomic E-state index is -0.471. The van der Waals surface area contributed by atoms with Gasteiger partial charge in [0.05, 0.1) is 29.4 Å². The first-order valence-corrected chi connectivity index (χ1v) is 9.53. The number of H-pyrrole nitrogens is 1. The lowest BCUT2D eigenvalue weighted by Gasteiger charge is -2.09. The molecule has 0 aliphatic heterocycles.